The fourth-order valence-electron chi connectivity index (χ4n) is 4.35. The van der Waals surface area contributed by atoms with Crippen molar-refractivity contribution in [3.05, 3.63) is 71.2 Å². The van der Waals surface area contributed by atoms with Gasteiger partial charge in [-0.05, 0) is 42.8 Å². The van der Waals surface area contributed by atoms with Crippen molar-refractivity contribution < 1.29 is 4.74 Å². The zero-order valence-corrected chi connectivity index (χ0v) is 20.2. The molecule has 9 heteroatoms. The van der Waals surface area contributed by atoms with Gasteiger partial charge in [-0.3, -0.25) is 19.1 Å². The molecule has 2 N–H and O–H groups in total. The highest BCUT2D eigenvalue weighted by Crippen LogP contribution is 2.30. The molecule has 0 saturated heterocycles. The fraction of sp³-hybridized carbons (Fsp3) is 0.231. The molecule has 0 bridgehead atoms. The van der Waals surface area contributed by atoms with Gasteiger partial charge in [0.25, 0.3) is 0 Å². The minimum Gasteiger partial charge on any atom is -0.397 e. The second-order valence-corrected chi connectivity index (χ2v) is 8.60. The molecule has 0 fully saturated rings. The van der Waals surface area contributed by atoms with E-state index in [1.165, 1.54) is 0 Å². The lowest BCUT2D eigenvalue weighted by atomic mass is 10.0. The Hall–Kier alpha value is -4.24. The molecule has 0 unspecified atom stereocenters. The molecule has 0 aliphatic carbocycles. The van der Waals surface area contributed by atoms with Crippen LogP contribution in [0.15, 0.2) is 59.8 Å². The molecule has 0 radical (unpaired) electrons. The Morgan fingerprint density at radius 2 is 1.91 bits per heavy atom. The highest BCUT2D eigenvalue weighted by atomic mass is 16.5. The van der Waals surface area contributed by atoms with Crippen LogP contribution in [-0.2, 0) is 11.8 Å². The smallest absolute Gasteiger partial charge is 0.333 e. The summed E-state index contributed by atoms with van der Waals surface area (Å²) in [6, 6.07) is 11.7. The summed E-state index contributed by atoms with van der Waals surface area (Å²) in [4.78, 5) is 29.1. The van der Waals surface area contributed by atoms with Crippen molar-refractivity contribution in [2.45, 2.75) is 6.92 Å². The zero-order chi connectivity index (χ0) is 24.7. The number of aromatic nitrogens is 5. The summed E-state index contributed by atoms with van der Waals surface area (Å²) in [5.74, 6) is 0.819. The maximum Gasteiger partial charge on any atom is 0.333 e. The highest BCUT2D eigenvalue weighted by molar-refractivity contribution is 6.04. The van der Waals surface area contributed by atoms with E-state index in [4.69, 9.17) is 15.5 Å². The van der Waals surface area contributed by atoms with Crippen LogP contribution in [0.3, 0.4) is 0 Å². The first-order chi connectivity index (χ1) is 16.9. The zero-order valence-electron chi connectivity index (χ0n) is 20.2. The molecular formula is C26H27N7O2. The van der Waals surface area contributed by atoms with Gasteiger partial charge in [0.1, 0.15) is 5.82 Å². The highest BCUT2D eigenvalue weighted by Gasteiger charge is 2.19. The van der Waals surface area contributed by atoms with Crippen molar-refractivity contribution in [3.8, 4) is 16.8 Å². The van der Waals surface area contributed by atoms with Crippen LogP contribution in [0, 0.1) is 6.92 Å². The van der Waals surface area contributed by atoms with Gasteiger partial charge in [-0.25, -0.2) is 9.78 Å². The summed E-state index contributed by atoms with van der Waals surface area (Å²) in [6.07, 6.45) is 5.13. The summed E-state index contributed by atoms with van der Waals surface area (Å²) < 4.78 is 8.52. The van der Waals surface area contributed by atoms with Crippen molar-refractivity contribution in [2.24, 2.45) is 7.05 Å². The number of nitrogens with zero attached hydrogens (tertiary/aromatic N) is 6. The number of fused-ring (bicyclic) bond motifs is 3. The van der Waals surface area contributed by atoms with E-state index in [9.17, 15) is 4.79 Å². The van der Waals surface area contributed by atoms with E-state index in [1.807, 2.05) is 55.3 Å². The van der Waals surface area contributed by atoms with E-state index in [0.29, 0.717) is 18.8 Å². The van der Waals surface area contributed by atoms with Crippen molar-refractivity contribution >= 4 is 33.4 Å². The first-order valence-corrected chi connectivity index (χ1v) is 11.3. The van der Waals surface area contributed by atoms with E-state index in [2.05, 4.69) is 9.97 Å². The van der Waals surface area contributed by atoms with E-state index in [1.54, 1.807) is 41.9 Å². The predicted octanol–water partition coefficient (Wildman–Crippen LogP) is 3.31. The number of hydrogen-bond donors (Lipinski definition) is 1. The molecule has 0 saturated carbocycles. The number of rotatable bonds is 6. The summed E-state index contributed by atoms with van der Waals surface area (Å²) in [7, 11) is 5.41. The number of nitrogens with two attached hydrogens (primary N) is 1. The van der Waals surface area contributed by atoms with E-state index in [-0.39, 0.29) is 5.69 Å². The number of pyridine rings is 3. The number of hydrogen-bond acceptors (Lipinski definition) is 7. The number of aryl methyl sites for hydroxylation is 2. The molecule has 9 nitrogen and oxygen atoms in total. The van der Waals surface area contributed by atoms with Crippen LogP contribution in [0.25, 0.3) is 38.8 Å². The topological polar surface area (TPSA) is 104 Å². The maximum atomic E-state index is 13.5. The summed E-state index contributed by atoms with van der Waals surface area (Å²) in [6.45, 7) is 3.24. The molecule has 5 aromatic rings. The van der Waals surface area contributed by atoms with Crippen LogP contribution in [-0.4, -0.2) is 51.4 Å². The minimum absolute atomic E-state index is 0.157. The lowest BCUT2D eigenvalue weighted by Crippen LogP contribution is -2.24. The molecule has 35 heavy (non-hydrogen) atoms. The van der Waals surface area contributed by atoms with Gasteiger partial charge in [-0.1, -0.05) is 6.07 Å². The third-order valence-electron chi connectivity index (χ3n) is 6.28. The summed E-state index contributed by atoms with van der Waals surface area (Å²) >= 11 is 0. The number of imidazole rings is 1. The normalized spacial score (nSPS) is 11.4. The molecule has 4 heterocycles. The predicted molar refractivity (Wildman–Crippen MR) is 139 cm³/mol. The Kier molecular flexibility index (Phi) is 5.70. The second kappa shape index (κ2) is 8.84. The lowest BCUT2D eigenvalue weighted by Gasteiger charge is -2.19. The summed E-state index contributed by atoms with van der Waals surface area (Å²) in [5, 5.41) is 0.862. The monoisotopic (exact) mass is 469 g/mol. The van der Waals surface area contributed by atoms with Crippen LogP contribution in [0.4, 0.5) is 11.5 Å². The third-order valence-corrected chi connectivity index (χ3v) is 6.28. The SMILES string of the molecule is COCCN(C)c1ccc(-n2c(=O)n(C)c3cnc4ccc(-c5cncc(N)c5)cc4c32)c(C)n1. The quantitative estimate of drug-likeness (QED) is 0.407. The average molecular weight is 470 g/mol. The Labute approximate surface area is 202 Å². The lowest BCUT2D eigenvalue weighted by molar-refractivity contribution is 0.206. The Balaban J connectivity index is 1.73. The fourth-order valence-corrected chi connectivity index (χ4v) is 4.35. The molecule has 178 valence electrons. The number of benzene rings is 1. The molecule has 0 amide bonds. The molecule has 0 atom stereocenters. The number of methoxy groups -OCH3 is 1. The number of nitrogen functional groups attached to an aromatic ring is 1. The van der Waals surface area contributed by atoms with E-state index >= 15 is 0 Å². The van der Waals surface area contributed by atoms with Gasteiger partial charge in [0.05, 0.1) is 46.4 Å². The minimum atomic E-state index is -0.157. The van der Waals surface area contributed by atoms with Gasteiger partial charge in [-0.2, -0.15) is 0 Å². The van der Waals surface area contributed by atoms with Gasteiger partial charge in [0, 0.05) is 51.1 Å². The summed E-state index contributed by atoms with van der Waals surface area (Å²) in [5.41, 5.74) is 12.0. The molecular weight excluding hydrogens is 442 g/mol. The first-order valence-electron chi connectivity index (χ1n) is 11.3. The van der Waals surface area contributed by atoms with Crippen molar-refractivity contribution in [1.29, 1.82) is 0 Å². The molecule has 1 aromatic carbocycles. The Bertz CT molecular complexity index is 1620. The van der Waals surface area contributed by atoms with Crippen LogP contribution < -0.4 is 16.3 Å². The molecule has 0 aliphatic heterocycles. The van der Waals surface area contributed by atoms with Crippen molar-refractivity contribution in [1.82, 2.24) is 24.1 Å². The average Bonchev–Trinajstić information content (AvgIpc) is 3.12. The van der Waals surface area contributed by atoms with Crippen LogP contribution in [0.5, 0.6) is 0 Å². The van der Waals surface area contributed by atoms with E-state index in [0.717, 1.165) is 50.3 Å². The third kappa shape index (κ3) is 3.89. The molecule has 0 aliphatic rings. The second-order valence-electron chi connectivity index (χ2n) is 8.60. The number of ether oxygens (including phenoxy) is 1. The first kappa shape index (κ1) is 22.5. The van der Waals surface area contributed by atoms with Gasteiger partial charge in [-0.15, -0.1) is 0 Å². The van der Waals surface area contributed by atoms with E-state index < -0.39 is 0 Å². The Morgan fingerprint density at radius 1 is 1.09 bits per heavy atom. The van der Waals surface area contributed by atoms with Crippen LogP contribution in [0.2, 0.25) is 0 Å². The van der Waals surface area contributed by atoms with Gasteiger partial charge in [0.2, 0.25) is 0 Å². The number of likely N-dealkylation sites (N-methyl/N-ethyl adjacent to an activating group) is 1. The number of anilines is 2. The van der Waals surface area contributed by atoms with Gasteiger partial charge >= 0.3 is 5.69 Å². The van der Waals surface area contributed by atoms with Crippen LogP contribution in [0.1, 0.15) is 5.69 Å². The maximum absolute atomic E-state index is 13.5. The van der Waals surface area contributed by atoms with Crippen molar-refractivity contribution in [3.63, 3.8) is 0 Å². The Morgan fingerprint density at radius 3 is 2.66 bits per heavy atom. The van der Waals surface area contributed by atoms with Gasteiger partial charge < -0.3 is 15.4 Å². The molecule has 4 aromatic heterocycles. The largest absolute Gasteiger partial charge is 0.397 e. The molecule has 0 spiro atoms. The van der Waals surface area contributed by atoms with Crippen molar-refractivity contribution in [2.75, 3.05) is 37.9 Å². The van der Waals surface area contributed by atoms with Crippen LogP contribution >= 0.6 is 0 Å². The van der Waals surface area contributed by atoms with Gasteiger partial charge in [0.15, 0.2) is 0 Å². The standard InChI is InChI=1S/C26H27N7O2/c1-16-22(7-8-24(30-16)31(2)9-10-35-4)33-25-20-12-17(18-11-19(27)14-28-13-18)5-6-21(20)29-15-23(25)32(3)26(33)34/h5-8,11-15H,9-10,27H2,1-4H3. The molecule has 5 rings (SSSR count).